The number of ether oxygens (including phenoxy) is 2. The van der Waals surface area contributed by atoms with Gasteiger partial charge >= 0.3 is 6.09 Å². The van der Waals surface area contributed by atoms with E-state index in [4.69, 9.17) is 9.47 Å². The van der Waals surface area contributed by atoms with Crippen molar-refractivity contribution in [2.45, 2.75) is 32.5 Å². The van der Waals surface area contributed by atoms with Crippen LogP contribution in [0.25, 0.3) is 0 Å². The van der Waals surface area contributed by atoms with Crippen LogP contribution < -0.4 is 5.32 Å². The minimum atomic E-state index is -0.450. The Bertz CT molecular complexity index is 238. The maximum atomic E-state index is 11.4. The number of nitrogens with one attached hydrogen (secondary N) is 1. The van der Waals surface area contributed by atoms with E-state index in [0.29, 0.717) is 6.54 Å². The largest absolute Gasteiger partial charge is 0.444 e. The topological polar surface area (TPSA) is 50.8 Å². The Labute approximate surface area is 97.1 Å². The molecule has 0 radical (unpaired) electrons. The molecule has 0 aromatic carbocycles. The highest BCUT2D eigenvalue weighted by molar-refractivity contribution is 5.67. The van der Waals surface area contributed by atoms with Gasteiger partial charge in [-0.05, 0) is 27.8 Å². The second-order valence-corrected chi connectivity index (χ2v) is 5.14. The Morgan fingerprint density at radius 3 is 2.81 bits per heavy atom. The molecule has 0 unspecified atom stereocenters. The van der Waals surface area contributed by atoms with Gasteiger partial charge in [0, 0.05) is 19.6 Å². The van der Waals surface area contributed by atoms with E-state index in [1.807, 2.05) is 27.8 Å². The molecule has 1 N–H and O–H groups in total. The van der Waals surface area contributed by atoms with Gasteiger partial charge in [0.2, 0.25) is 0 Å². The zero-order valence-corrected chi connectivity index (χ0v) is 10.6. The monoisotopic (exact) mass is 230 g/mol. The van der Waals surface area contributed by atoms with Crippen molar-refractivity contribution in [3.63, 3.8) is 0 Å². The van der Waals surface area contributed by atoms with Crippen LogP contribution in [0.5, 0.6) is 0 Å². The lowest BCUT2D eigenvalue weighted by Crippen LogP contribution is -2.46. The molecule has 0 spiro atoms. The summed E-state index contributed by atoms with van der Waals surface area (Å²) in [5, 5.41) is 2.72. The van der Waals surface area contributed by atoms with Crippen LogP contribution in [0.1, 0.15) is 20.8 Å². The molecule has 1 atom stereocenters. The molecule has 5 nitrogen and oxygen atoms in total. The lowest BCUT2D eigenvalue weighted by molar-refractivity contribution is -0.0201. The van der Waals surface area contributed by atoms with Gasteiger partial charge in [-0.2, -0.15) is 0 Å². The van der Waals surface area contributed by atoms with Crippen molar-refractivity contribution in [2.75, 3.05) is 33.3 Å². The van der Waals surface area contributed by atoms with E-state index in [1.165, 1.54) is 0 Å². The SMILES string of the molecule is CN1CCO[C@H](CNC(=O)OC(C)(C)C)C1. The first kappa shape index (κ1) is 13.3. The van der Waals surface area contributed by atoms with Crippen LogP contribution in [0.3, 0.4) is 0 Å². The van der Waals surface area contributed by atoms with E-state index in [1.54, 1.807) is 0 Å². The number of hydrogen-bond donors (Lipinski definition) is 1. The van der Waals surface area contributed by atoms with E-state index >= 15 is 0 Å². The van der Waals surface area contributed by atoms with Crippen LogP contribution in [0.15, 0.2) is 0 Å². The van der Waals surface area contributed by atoms with Gasteiger partial charge in [0.25, 0.3) is 0 Å². The van der Waals surface area contributed by atoms with E-state index in [0.717, 1.165) is 19.7 Å². The minimum absolute atomic E-state index is 0.0614. The first-order valence-corrected chi connectivity index (χ1v) is 5.64. The van der Waals surface area contributed by atoms with Gasteiger partial charge in [-0.1, -0.05) is 0 Å². The number of carbonyl (C=O) groups excluding carboxylic acids is 1. The molecule has 1 fully saturated rings. The number of likely N-dealkylation sites (N-methyl/N-ethyl adjacent to an activating group) is 1. The minimum Gasteiger partial charge on any atom is -0.444 e. The second-order valence-electron chi connectivity index (χ2n) is 5.14. The molecule has 1 aliphatic rings. The van der Waals surface area contributed by atoms with Crippen LogP contribution in [0.4, 0.5) is 4.79 Å². The van der Waals surface area contributed by atoms with Crippen molar-refractivity contribution in [3.05, 3.63) is 0 Å². The average molecular weight is 230 g/mol. The molecule has 1 heterocycles. The predicted octanol–water partition coefficient (Wildman–Crippen LogP) is 0.842. The molecule has 1 saturated heterocycles. The second kappa shape index (κ2) is 5.50. The fraction of sp³-hybridized carbons (Fsp3) is 0.909. The van der Waals surface area contributed by atoms with Crippen molar-refractivity contribution in [1.82, 2.24) is 10.2 Å². The molecular formula is C11H22N2O3. The Morgan fingerprint density at radius 2 is 2.25 bits per heavy atom. The van der Waals surface area contributed by atoms with Gasteiger partial charge in [-0.25, -0.2) is 4.79 Å². The first-order valence-electron chi connectivity index (χ1n) is 5.64. The van der Waals surface area contributed by atoms with Crippen LogP contribution in [-0.2, 0) is 9.47 Å². The maximum absolute atomic E-state index is 11.4. The van der Waals surface area contributed by atoms with Gasteiger partial charge in [-0.15, -0.1) is 0 Å². The zero-order chi connectivity index (χ0) is 12.2. The summed E-state index contributed by atoms with van der Waals surface area (Å²) in [6, 6.07) is 0. The van der Waals surface area contributed by atoms with Crippen LogP contribution in [-0.4, -0.2) is 56.0 Å². The molecule has 0 aliphatic carbocycles. The number of carbonyl (C=O) groups is 1. The summed E-state index contributed by atoms with van der Waals surface area (Å²) >= 11 is 0. The third-order valence-electron chi connectivity index (χ3n) is 2.21. The third-order valence-corrected chi connectivity index (χ3v) is 2.21. The maximum Gasteiger partial charge on any atom is 0.407 e. The number of hydrogen-bond acceptors (Lipinski definition) is 4. The van der Waals surface area contributed by atoms with E-state index < -0.39 is 5.60 Å². The summed E-state index contributed by atoms with van der Waals surface area (Å²) < 4.78 is 10.7. The van der Waals surface area contributed by atoms with Gasteiger partial charge in [0.1, 0.15) is 5.60 Å². The number of morpholine rings is 1. The van der Waals surface area contributed by atoms with Crippen molar-refractivity contribution >= 4 is 6.09 Å². The average Bonchev–Trinajstić information content (AvgIpc) is 2.12. The third kappa shape index (κ3) is 5.32. The molecule has 1 rings (SSSR count). The van der Waals surface area contributed by atoms with E-state index in [2.05, 4.69) is 10.2 Å². The van der Waals surface area contributed by atoms with E-state index in [-0.39, 0.29) is 12.2 Å². The van der Waals surface area contributed by atoms with E-state index in [9.17, 15) is 4.79 Å². The molecule has 0 aromatic heterocycles. The molecule has 1 aliphatic heterocycles. The van der Waals surface area contributed by atoms with Crippen LogP contribution in [0.2, 0.25) is 0 Å². The van der Waals surface area contributed by atoms with Gasteiger partial charge in [-0.3, -0.25) is 0 Å². The highest BCUT2D eigenvalue weighted by Gasteiger charge is 2.20. The van der Waals surface area contributed by atoms with Gasteiger partial charge in [0.15, 0.2) is 0 Å². The summed E-state index contributed by atoms with van der Waals surface area (Å²) in [6.45, 7) is 8.54. The molecule has 16 heavy (non-hydrogen) atoms. The summed E-state index contributed by atoms with van der Waals surface area (Å²) in [6.07, 6.45) is -0.324. The molecule has 5 heteroatoms. The number of amides is 1. The lowest BCUT2D eigenvalue weighted by Gasteiger charge is -2.30. The molecule has 1 amide bonds. The zero-order valence-electron chi connectivity index (χ0n) is 10.6. The standard InChI is InChI=1S/C11H22N2O3/c1-11(2,3)16-10(14)12-7-9-8-13(4)5-6-15-9/h9H,5-8H2,1-4H3,(H,12,14)/t9-/m1/s1. The predicted molar refractivity (Wildman–Crippen MR) is 61.5 cm³/mol. The molecule has 0 bridgehead atoms. The highest BCUT2D eigenvalue weighted by Crippen LogP contribution is 2.07. The summed E-state index contributed by atoms with van der Waals surface area (Å²) in [5.74, 6) is 0. The van der Waals surface area contributed by atoms with Crippen LogP contribution >= 0.6 is 0 Å². The first-order chi connectivity index (χ1) is 7.37. The van der Waals surface area contributed by atoms with Crippen molar-refractivity contribution < 1.29 is 14.3 Å². The van der Waals surface area contributed by atoms with Gasteiger partial charge in [0.05, 0.1) is 12.7 Å². The van der Waals surface area contributed by atoms with Gasteiger partial charge < -0.3 is 19.7 Å². The summed E-state index contributed by atoms with van der Waals surface area (Å²) in [4.78, 5) is 13.6. The van der Waals surface area contributed by atoms with Crippen molar-refractivity contribution in [3.8, 4) is 0 Å². The molecule has 0 saturated carbocycles. The number of rotatable bonds is 2. The fourth-order valence-corrected chi connectivity index (χ4v) is 1.50. The summed E-state index contributed by atoms with van der Waals surface area (Å²) in [5.41, 5.74) is -0.450. The molecular weight excluding hydrogens is 208 g/mol. The number of nitrogens with zero attached hydrogens (tertiary/aromatic N) is 1. The fourth-order valence-electron chi connectivity index (χ4n) is 1.50. The number of alkyl carbamates (subject to hydrolysis) is 1. The van der Waals surface area contributed by atoms with Crippen molar-refractivity contribution in [2.24, 2.45) is 0 Å². The highest BCUT2D eigenvalue weighted by atomic mass is 16.6. The molecule has 0 aromatic rings. The van der Waals surface area contributed by atoms with Crippen molar-refractivity contribution in [1.29, 1.82) is 0 Å². The van der Waals surface area contributed by atoms with Crippen LogP contribution in [0, 0.1) is 0 Å². The Hall–Kier alpha value is -0.810. The Morgan fingerprint density at radius 1 is 1.56 bits per heavy atom. The Kier molecular flexibility index (Phi) is 4.56. The smallest absolute Gasteiger partial charge is 0.407 e. The Balaban J connectivity index is 2.21. The lowest BCUT2D eigenvalue weighted by atomic mass is 10.2. The summed E-state index contributed by atoms with van der Waals surface area (Å²) in [7, 11) is 2.04. The normalized spacial score (nSPS) is 22.9. The molecule has 94 valence electrons. The quantitative estimate of drug-likeness (QED) is 0.764.